The number of rotatable bonds is 4. The number of carbonyl (C=O) groups is 1. The molecule has 1 aliphatic heterocycles. The molecule has 1 heterocycles. The van der Waals surface area contributed by atoms with Gasteiger partial charge in [-0.05, 0) is 37.0 Å². The van der Waals surface area contributed by atoms with E-state index in [0.29, 0.717) is 25.7 Å². The number of hydrogen-bond donors (Lipinski definition) is 2. The average Bonchev–Trinajstić information content (AvgIpc) is 2.45. The minimum absolute atomic E-state index is 0.200. The lowest BCUT2D eigenvalue weighted by molar-refractivity contribution is 0.0642. The molecule has 0 radical (unpaired) electrons. The topological polar surface area (TPSA) is 98.5 Å². The molecule has 3 N–H and O–H groups in total. The van der Waals surface area contributed by atoms with Crippen molar-refractivity contribution in [1.29, 1.82) is 0 Å². The molecular weight excluding hydrogens is 299 g/mol. The van der Waals surface area contributed by atoms with Crippen LogP contribution in [-0.4, -0.2) is 34.1 Å². The number of hydrogen-bond acceptors (Lipinski definition) is 4. The first kappa shape index (κ1) is 15.9. The number of amides is 1. The second kappa shape index (κ2) is 6.50. The Balaban J connectivity index is 2.02. The van der Waals surface area contributed by atoms with Crippen LogP contribution < -0.4 is 10.5 Å². The van der Waals surface area contributed by atoms with Gasteiger partial charge >= 0.3 is 0 Å². The SMILES string of the molecule is NS(=O)(=O)c1ccc(C(=O)NCC2CCOCC2)c(F)c1. The summed E-state index contributed by atoms with van der Waals surface area (Å²) in [7, 11) is -3.98. The predicted octanol–water partition coefficient (Wildman–Crippen LogP) is 0.629. The van der Waals surface area contributed by atoms with Gasteiger partial charge in [0.1, 0.15) is 5.82 Å². The van der Waals surface area contributed by atoms with Crippen LogP contribution in [0.1, 0.15) is 23.2 Å². The molecule has 0 aromatic heterocycles. The standard InChI is InChI=1S/C13H17FN2O4S/c14-12-7-10(21(15,18)19)1-2-11(12)13(17)16-8-9-3-5-20-6-4-9/h1-2,7,9H,3-6,8H2,(H,16,17)(H2,15,18,19). The Labute approximate surface area is 122 Å². The summed E-state index contributed by atoms with van der Waals surface area (Å²) < 4.78 is 41.2. The number of nitrogens with two attached hydrogens (primary N) is 1. The zero-order valence-electron chi connectivity index (χ0n) is 11.3. The van der Waals surface area contributed by atoms with E-state index in [0.717, 1.165) is 31.0 Å². The quantitative estimate of drug-likeness (QED) is 0.851. The molecule has 0 aliphatic carbocycles. The van der Waals surface area contributed by atoms with Crippen molar-refractivity contribution >= 4 is 15.9 Å². The molecule has 8 heteroatoms. The van der Waals surface area contributed by atoms with Crippen molar-refractivity contribution < 1.29 is 22.3 Å². The molecular formula is C13H17FN2O4S. The van der Waals surface area contributed by atoms with Crippen molar-refractivity contribution in [3.05, 3.63) is 29.6 Å². The normalized spacial score (nSPS) is 16.7. The highest BCUT2D eigenvalue weighted by Gasteiger charge is 2.18. The summed E-state index contributed by atoms with van der Waals surface area (Å²) >= 11 is 0. The van der Waals surface area contributed by atoms with E-state index in [1.165, 1.54) is 0 Å². The molecule has 1 aromatic rings. The van der Waals surface area contributed by atoms with Crippen LogP contribution in [0.3, 0.4) is 0 Å². The van der Waals surface area contributed by atoms with Crippen molar-refractivity contribution in [3.8, 4) is 0 Å². The van der Waals surface area contributed by atoms with Crippen LogP contribution in [0.4, 0.5) is 4.39 Å². The third-order valence-electron chi connectivity index (χ3n) is 3.41. The third-order valence-corrected chi connectivity index (χ3v) is 4.32. The molecule has 1 aliphatic rings. The summed E-state index contributed by atoms with van der Waals surface area (Å²) in [5.41, 5.74) is -0.200. The van der Waals surface area contributed by atoms with E-state index in [1.54, 1.807) is 0 Å². The van der Waals surface area contributed by atoms with Gasteiger partial charge in [-0.3, -0.25) is 4.79 Å². The molecule has 1 fully saturated rings. The second-order valence-corrected chi connectivity index (χ2v) is 6.51. The Hall–Kier alpha value is -1.51. The molecule has 1 aromatic carbocycles. The average molecular weight is 316 g/mol. The zero-order chi connectivity index (χ0) is 15.5. The molecule has 0 atom stereocenters. The summed E-state index contributed by atoms with van der Waals surface area (Å²) in [6.07, 6.45) is 1.71. The lowest BCUT2D eigenvalue weighted by Crippen LogP contribution is -2.32. The highest BCUT2D eigenvalue weighted by molar-refractivity contribution is 7.89. The summed E-state index contributed by atoms with van der Waals surface area (Å²) in [6, 6.07) is 2.98. The van der Waals surface area contributed by atoms with Crippen LogP contribution in [0.25, 0.3) is 0 Å². The molecule has 0 spiro atoms. The number of ether oxygens (including phenoxy) is 1. The maximum absolute atomic E-state index is 13.8. The molecule has 0 unspecified atom stereocenters. The molecule has 21 heavy (non-hydrogen) atoms. The molecule has 1 amide bonds. The van der Waals surface area contributed by atoms with Gasteiger partial charge < -0.3 is 10.1 Å². The second-order valence-electron chi connectivity index (χ2n) is 4.95. The Morgan fingerprint density at radius 1 is 1.38 bits per heavy atom. The molecule has 1 saturated heterocycles. The first-order chi connectivity index (χ1) is 9.88. The van der Waals surface area contributed by atoms with E-state index < -0.39 is 21.7 Å². The largest absolute Gasteiger partial charge is 0.381 e. The lowest BCUT2D eigenvalue weighted by Gasteiger charge is -2.22. The Kier molecular flexibility index (Phi) is 4.92. The van der Waals surface area contributed by atoms with Crippen molar-refractivity contribution in [2.75, 3.05) is 19.8 Å². The minimum atomic E-state index is -3.98. The Morgan fingerprint density at radius 3 is 2.62 bits per heavy atom. The van der Waals surface area contributed by atoms with E-state index >= 15 is 0 Å². The minimum Gasteiger partial charge on any atom is -0.381 e. The fraction of sp³-hybridized carbons (Fsp3) is 0.462. The van der Waals surface area contributed by atoms with E-state index in [1.807, 2.05) is 0 Å². The summed E-state index contributed by atoms with van der Waals surface area (Å²) in [6.45, 7) is 1.77. The molecule has 0 saturated carbocycles. The van der Waals surface area contributed by atoms with Gasteiger partial charge in [-0.15, -0.1) is 0 Å². The first-order valence-corrected chi connectivity index (χ1v) is 8.11. The lowest BCUT2D eigenvalue weighted by atomic mass is 10.0. The van der Waals surface area contributed by atoms with Crippen LogP contribution in [0.15, 0.2) is 23.1 Å². The van der Waals surface area contributed by atoms with Crippen LogP contribution in [0, 0.1) is 11.7 Å². The molecule has 6 nitrogen and oxygen atoms in total. The van der Waals surface area contributed by atoms with E-state index in [9.17, 15) is 17.6 Å². The van der Waals surface area contributed by atoms with E-state index in [2.05, 4.69) is 5.32 Å². The highest BCUT2D eigenvalue weighted by Crippen LogP contribution is 2.16. The summed E-state index contributed by atoms with van der Waals surface area (Å²) in [4.78, 5) is 11.5. The number of benzene rings is 1. The van der Waals surface area contributed by atoms with Crippen molar-refractivity contribution in [3.63, 3.8) is 0 Å². The maximum Gasteiger partial charge on any atom is 0.254 e. The Bertz CT molecular complexity index is 627. The third kappa shape index (κ3) is 4.23. The molecule has 116 valence electrons. The first-order valence-electron chi connectivity index (χ1n) is 6.56. The number of primary sulfonamides is 1. The predicted molar refractivity (Wildman–Crippen MR) is 73.6 cm³/mol. The van der Waals surface area contributed by atoms with Gasteiger partial charge in [-0.2, -0.15) is 0 Å². The van der Waals surface area contributed by atoms with Gasteiger partial charge in [0.25, 0.3) is 5.91 Å². The zero-order valence-corrected chi connectivity index (χ0v) is 12.2. The fourth-order valence-electron chi connectivity index (χ4n) is 2.14. The van der Waals surface area contributed by atoms with Crippen molar-refractivity contribution in [2.45, 2.75) is 17.7 Å². The maximum atomic E-state index is 13.8. The van der Waals surface area contributed by atoms with E-state index in [-0.39, 0.29) is 10.5 Å². The van der Waals surface area contributed by atoms with Gasteiger partial charge in [0.2, 0.25) is 10.0 Å². The van der Waals surface area contributed by atoms with Crippen molar-refractivity contribution in [1.82, 2.24) is 5.32 Å². The molecule has 2 rings (SSSR count). The van der Waals surface area contributed by atoms with Crippen LogP contribution in [-0.2, 0) is 14.8 Å². The van der Waals surface area contributed by atoms with Crippen LogP contribution in [0.2, 0.25) is 0 Å². The van der Waals surface area contributed by atoms with Crippen LogP contribution in [0.5, 0.6) is 0 Å². The number of sulfonamides is 1. The van der Waals surface area contributed by atoms with Gasteiger partial charge in [-0.1, -0.05) is 0 Å². The summed E-state index contributed by atoms with van der Waals surface area (Å²) in [5, 5.41) is 7.55. The van der Waals surface area contributed by atoms with Crippen molar-refractivity contribution in [2.24, 2.45) is 11.1 Å². The number of halogens is 1. The van der Waals surface area contributed by atoms with Gasteiger partial charge in [-0.25, -0.2) is 17.9 Å². The van der Waals surface area contributed by atoms with E-state index in [4.69, 9.17) is 9.88 Å². The fourth-order valence-corrected chi connectivity index (χ4v) is 2.67. The van der Waals surface area contributed by atoms with Crippen LogP contribution >= 0.6 is 0 Å². The summed E-state index contributed by atoms with van der Waals surface area (Å²) in [5.74, 6) is -1.17. The van der Waals surface area contributed by atoms with Gasteiger partial charge in [0, 0.05) is 19.8 Å². The number of nitrogens with one attached hydrogen (secondary N) is 1. The Morgan fingerprint density at radius 2 is 2.05 bits per heavy atom. The highest BCUT2D eigenvalue weighted by atomic mass is 32.2. The number of carbonyl (C=O) groups excluding carboxylic acids is 1. The monoisotopic (exact) mass is 316 g/mol. The smallest absolute Gasteiger partial charge is 0.254 e. The van der Waals surface area contributed by atoms with Gasteiger partial charge in [0.05, 0.1) is 10.5 Å². The van der Waals surface area contributed by atoms with Gasteiger partial charge in [0.15, 0.2) is 0 Å². The molecule has 0 bridgehead atoms.